The van der Waals surface area contributed by atoms with E-state index in [9.17, 15) is 9.90 Å². The molecule has 0 aliphatic carbocycles. The third-order valence-electron chi connectivity index (χ3n) is 2.49. The smallest absolute Gasteiger partial charge is 0.336 e. The van der Waals surface area contributed by atoms with E-state index in [1.54, 1.807) is 6.92 Å². The number of nitrogens with zero attached hydrogens (tertiary/aromatic N) is 1. The summed E-state index contributed by atoms with van der Waals surface area (Å²) in [5, 5.41) is 14.3. The van der Waals surface area contributed by atoms with Gasteiger partial charge in [-0.05, 0) is 36.8 Å². The van der Waals surface area contributed by atoms with Crippen LogP contribution in [0, 0.1) is 6.92 Å². The van der Waals surface area contributed by atoms with Crippen LogP contribution in [0.3, 0.4) is 0 Å². The quantitative estimate of drug-likeness (QED) is 0.327. The molecule has 0 radical (unpaired) electrons. The molecule has 0 amide bonds. The van der Waals surface area contributed by atoms with Gasteiger partial charge in [-0.15, -0.1) is 0 Å². The number of rotatable bonds is 2. The van der Waals surface area contributed by atoms with E-state index in [2.05, 4.69) is 22.7 Å². The number of phenols is 1. The Kier molecular flexibility index (Phi) is 3.48. The van der Waals surface area contributed by atoms with E-state index in [1.165, 1.54) is 24.4 Å². The van der Waals surface area contributed by atoms with Gasteiger partial charge in [0.2, 0.25) is 0 Å². The number of thiocarbonyl (C=S) groups is 1. The standard InChI is InChI=1S/C12H11N3O3S/c1-6-4-10(17)18-9-3-2-8(16)7(11(6)9)5-14-15-12(13)19/h2-5,16H,1H3,(H3,13,15,19)/b14-5+. The van der Waals surface area contributed by atoms with Crippen LogP contribution in [-0.4, -0.2) is 16.4 Å². The van der Waals surface area contributed by atoms with Crippen molar-refractivity contribution in [1.29, 1.82) is 0 Å². The van der Waals surface area contributed by atoms with Crippen molar-refractivity contribution in [3.8, 4) is 5.75 Å². The molecule has 1 aromatic heterocycles. The molecule has 0 bridgehead atoms. The molecule has 2 aromatic rings. The summed E-state index contributed by atoms with van der Waals surface area (Å²) in [5.41, 5.74) is 8.66. The van der Waals surface area contributed by atoms with Crippen molar-refractivity contribution >= 4 is 34.5 Å². The first-order chi connectivity index (χ1) is 8.99. The molecule has 7 heteroatoms. The number of aromatic hydroxyl groups is 1. The summed E-state index contributed by atoms with van der Waals surface area (Å²) in [4.78, 5) is 11.3. The lowest BCUT2D eigenvalue weighted by Crippen LogP contribution is -2.24. The van der Waals surface area contributed by atoms with Crippen LogP contribution in [-0.2, 0) is 0 Å². The average molecular weight is 277 g/mol. The first kappa shape index (κ1) is 13.0. The Hall–Kier alpha value is -2.41. The normalized spacial score (nSPS) is 11.0. The first-order valence-electron chi connectivity index (χ1n) is 5.34. The summed E-state index contributed by atoms with van der Waals surface area (Å²) in [6, 6.07) is 4.30. The highest BCUT2D eigenvalue weighted by molar-refractivity contribution is 7.80. The Balaban J connectivity index is 2.65. The molecule has 4 N–H and O–H groups in total. The first-order valence-corrected chi connectivity index (χ1v) is 5.75. The Morgan fingerprint density at radius 1 is 1.58 bits per heavy atom. The van der Waals surface area contributed by atoms with Crippen molar-refractivity contribution in [1.82, 2.24) is 5.43 Å². The second-order valence-corrected chi connectivity index (χ2v) is 4.29. The number of nitrogens with one attached hydrogen (secondary N) is 1. The highest BCUT2D eigenvalue weighted by Crippen LogP contribution is 2.27. The van der Waals surface area contributed by atoms with Gasteiger partial charge in [-0.25, -0.2) is 4.79 Å². The van der Waals surface area contributed by atoms with Crippen molar-refractivity contribution < 1.29 is 9.52 Å². The zero-order valence-corrected chi connectivity index (χ0v) is 10.8. The van der Waals surface area contributed by atoms with Gasteiger partial charge in [0.25, 0.3) is 0 Å². The van der Waals surface area contributed by atoms with Crippen LogP contribution in [0.1, 0.15) is 11.1 Å². The molecule has 0 aliphatic rings. The number of fused-ring (bicyclic) bond motifs is 1. The maximum absolute atomic E-state index is 11.3. The fourth-order valence-corrected chi connectivity index (χ4v) is 1.81. The Morgan fingerprint density at radius 2 is 2.32 bits per heavy atom. The second kappa shape index (κ2) is 5.07. The molecule has 0 fully saturated rings. The lowest BCUT2D eigenvalue weighted by molar-refractivity contribution is 0.474. The molecule has 6 nitrogen and oxygen atoms in total. The van der Waals surface area contributed by atoms with Crippen LogP contribution in [0.2, 0.25) is 0 Å². The number of phenolic OH excluding ortho intramolecular Hbond substituents is 1. The van der Waals surface area contributed by atoms with Crippen molar-refractivity contribution in [3.05, 3.63) is 39.7 Å². The van der Waals surface area contributed by atoms with E-state index >= 15 is 0 Å². The molecule has 0 saturated heterocycles. The minimum atomic E-state index is -0.445. The second-order valence-electron chi connectivity index (χ2n) is 3.85. The van der Waals surface area contributed by atoms with Crippen LogP contribution < -0.4 is 16.8 Å². The van der Waals surface area contributed by atoms with Crippen LogP contribution in [0.15, 0.2) is 32.5 Å². The van der Waals surface area contributed by atoms with E-state index in [1.807, 2.05) is 0 Å². The zero-order chi connectivity index (χ0) is 14.0. The molecule has 0 aliphatic heterocycles. The monoisotopic (exact) mass is 277 g/mol. The van der Waals surface area contributed by atoms with E-state index in [-0.39, 0.29) is 10.9 Å². The summed E-state index contributed by atoms with van der Waals surface area (Å²) in [7, 11) is 0. The lowest BCUT2D eigenvalue weighted by atomic mass is 10.0. The molecular weight excluding hydrogens is 266 g/mol. The molecular formula is C12H11N3O3S. The van der Waals surface area contributed by atoms with Gasteiger partial charge >= 0.3 is 5.63 Å². The lowest BCUT2D eigenvalue weighted by Gasteiger charge is -2.06. The molecule has 2 rings (SSSR count). The fourth-order valence-electron chi connectivity index (χ4n) is 1.76. The summed E-state index contributed by atoms with van der Waals surface area (Å²) in [6.07, 6.45) is 1.36. The van der Waals surface area contributed by atoms with Gasteiger partial charge in [-0.3, -0.25) is 5.43 Å². The van der Waals surface area contributed by atoms with E-state index in [4.69, 9.17) is 10.2 Å². The minimum Gasteiger partial charge on any atom is -0.507 e. The topological polar surface area (TPSA) is 101 Å². The molecule has 0 spiro atoms. The van der Waals surface area contributed by atoms with Crippen molar-refractivity contribution in [2.75, 3.05) is 0 Å². The molecule has 0 unspecified atom stereocenters. The zero-order valence-electron chi connectivity index (χ0n) is 10.0. The predicted molar refractivity (Wildman–Crippen MR) is 76.4 cm³/mol. The Labute approximate surface area is 113 Å². The molecule has 19 heavy (non-hydrogen) atoms. The maximum Gasteiger partial charge on any atom is 0.336 e. The molecule has 1 aromatic carbocycles. The summed E-state index contributed by atoms with van der Waals surface area (Å²) in [5.74, 6) is 0.0120. The van der Waals surface area contributed by atoms with Gasteiger partial charge in [-0.2, -0.15) is 5.10 Å². The highest BCUT2D eigenvalue weighted by atomic mass is 32.1. The van der Waals surface area contributed by atoms with Gasteiger partial charge in [0, 0.05) is 17.0 Å². The van der Waals surface area contributed by atoms with Crippen LogP contribution in [0.5, 0.6) is 5.75 Å². The third kappa shape index (κ3) is 2.71. The van der Waals surface area contributed by atoms with Crippen LogP contribution >= 0.6 is 12.2 Å². The number of hydrogen-bond donors (Lipinski definition) is 3. The summed E-state index contributed by atoms with van der Waals surface area (Å²) in [6.45, 7) is 1.75. The fraction of sp³-hybridized carbons (Fsp3) is 0.0833. The number of aryl methyl sites for hydroxylation is 1. The van der Waals surface area contributed by atoms with Gasteiger partial charge in [0.05, 0.1) is 6.21 Å². The number of nitrogens with two attached hydrogens (primary N) is 1. The molecule has 0 atom stereocenters. The summed E-state index contributed by atoms with van der Waals surface area (Å²) >= 11 is 4.61. The summed E-state index contributed by atoms with van der Waals surface area (Å²) < 4.78 is 5.07. The van der Waals surface area contributed by atoms with Crippen LogP contribution in [0.25, 0.3) is 11.0 Å². The third-order valence-corrected chi connectivity index (χ3v) is 2.58. The van der Waals surface area contributed by atoms with E-state index < -0.39 is 5.63 Å². The predicted octanol–water partition coefficient (Wildman–Crippen LogP) is 0.974. The Morgan fingerprint density at radius 3 is 3.00 bits per heavy atom. The van der Waals surface area contributed by atoms with E-state index in [0.717, 1.165) is 0 Å². The maximum atomic E-state index is 11.3. The number of benzene rings is 1. The Bertz CT molecular complexity index is 737. The van der Waals surface area contributed by atoms with Crippen molar-refractivity contribution in [2.45, 2.75) is 6.92 Å². The van der Waals surface area contributed by atoms with Gasteiger partial charge in [0.1, 0.15) is 11.3 Å². The number of hydrogen-bond acceptors (Lipinski definition) is 5. The van der Waals surface area contributed by atoms with Crippen molar-refractivity contribution in [3.63, 3.8) is 0 Å². The highest BCUT2D eigenvalue weighted by Gasteiger charge is 2.10. The van der Waals surface area contributed by atoms with Gasteiger partial charge in [0.15, 0.2) is 5.11 Å². The number of hydrazone groups is 1. The molecule has 1 heterocycles. The van der Waals surface area contributed by atoms with Gasteiger partial charge in [-0.1, -0.05) is 0 Å². The molecule has 0 saturated carbocycles. The average Bonchev–Trinajstić information content (AvgIpc) is 2.31. The van der Waals surface area contributed by atoms with Crippen LogP contribution in [0.4, 0.5) is 0 Å². The van der Waals surface area contributed by atoms with Crippen molar-refractivity contribution in [2.24, 2.45) is 10.8 Å². The largest absolute Gasteiger partial charge is 0.507 e. The van der Waals surface area contributed by atoms with E-state index in [0.29, 0.717) is 22.1 Å². The van der Waals surface area contributed by atoms with Gasteiger partial charge < -0.3 is 15.3 Å². The molecule has 98 valence electrons. The SMILES string of the molecule is Cc1cc(=O)oc2ccc(O)c(/C=N/NC(N)=S)c12. The minimum absolute atomic E-state index is 0.0120.